The van der Waals surface area contributed by atoms with Gasteiger partial charge >= 0.3 is 0 Å². The number of hydrogen-bond acceptors (Lipinski definition) is 4. The lowest BCUT2D eigenvalue weighted by Gasteiger charge is -2.36. The molecule has 0 radical (unpaired) electrons. The van der Waals surface area contributed by atoms with E-state index in [0.29, 0.717) is 12.3 Å². The number of thiazole rings is 1. The van der Waals surface area contributed by atoms with Gasteiger partial charge in [0.2, 0.25) is 5.91 Å². The van der Waals surface area contributed by atoms with E-state index in [0.717, 1.165) is 49.0 Å². The summed E-state index contributed by atoms with van der Waals surface area (Å²) in [5.41, 5.74) is 1.03. The zero-order valence-electron chi connectivity index (χ0n) is 13.7. The van der Waals surface area contributed by atoms with Crippen molar-refractivity contribution in [2.45, 2.75) is 38.5 Å². The second-order valence-electron chi connectivity index (χ2n) is 7.01. The van der Waals surface area contributed by atoms with Gasteiger partial charge in [0.05, 0.1) is 15.2 Å². The van der Waals surface area contributed by atoms with Gasteiger partial charge in [0.1, 0.15) is 5.78 Å². The summed E-state index contributed by atoms with van der Waals surface area (Å²) in [6.45, 7) is 0.623. The SMILES string of the molecule is O=C(NCCc1nc2ccccc2s1)C1CC2CCCC(C1)C2=O. The third-order valence-electron chi connectivity index (χ3n) is 5.40. The summed E-state index contributed by atoms with van der Waals surface area (Å²) in [7, 11) is 0. The Morgan fingerprint density at radius 2 is 1.96 bits per heavy atom. The van der Waals surface area contributed by atoms with Gasteiger partial charge in [-0.15, -0.1) is 11.3 Å². The number of carbonyl (C=O) groups is 2. The smallest absolute Gasteiger partial charge is 0.223 e. The maximum atomic E-state index is 12.5. The van der Waals surface area contributed by atoms with Crippen LogP contribution in [0.1, 0.15) is 37.1 Å². The van der Waals surface area contributed by atoms with Crippen LogP contribution < -0.4 is 5.32 Å². The van der Waals surface area contributed by atoms with Gasteiger partial charge in [0, 0.05) is 30.7 Å². The number of carbonyl (C=O) groups excluding carboxylic acids is 2. The first-order valence-corrected chi connectivity index (χ1v) is 9.68. The molecule has 24 heavy (non-hydrogen) atoms. The van der Waals surface area contributed by atoms with Crippen LogP contribution in [0.4, 0.5) is 0 Å². The molecular weight excluding hydrogens is 320 g/mol. The number of para-hydroxylation sites is 1. The molecule has 4 rings (SSSR count). The molecule has 126 valence electrons. The monoisotopic (exact) mass is 342 g/mol. The Hall–Kier alpha value is -1.75. The van der Waals surface area contributed by atoms with Gasteiger partial charge in [-0.25, -0.2) is 4.98 Å². The van der Waals surface area contributed by atoms with E-state index < -0.39 is 0 Å². The number of benzene rings is 1. The van der Waals surface area contributed by atoms with Gasteiger partial charge in [0.25, 0.3) is 0 Å². The highest BCUT2D eigenvalue weighted by Crippen LogP contribution is 2.40. The average Bonchev–Trinajstić information content (AvgIpc) is 2.97. The van der Waals surface area contributed by atoms with E-state index in [-0.39, 0.29) is 23.7 Å². The molecule has 1 N–H and O–H groups in total. The standard InChI is InChI=1S/C19H22N2O2S/c22-18-12-4-3-5-13(18)11-14(10-12)19(23)20-9-8-17-21-15-6-1-2-7-16(15)24-17/h1-2,6-7,12-14H,3-5,8-11H2,(H,20,23). The molecule has 1 amide bonds. The van der Waals surface area contributed by atoms with Crippen LogP contribution in [0, 0.1) is 17.8 Å². The van der Waals surface area contributed by atoms with Crippen LogP contribution in [0.25, 0.3) is 10.2 Å². The normalized spacial score (nSPS) is 26.5. The lowest BCUT2D eigenvalue weighted by atomic mass is 9.67. The molecule has 2 saturated carbocycles. The van der Waals surface area contributed by atoms with Crippen LogP contribution in [-0.4, -0.2) is 23.2 Å². The van der Waals surface area contributed by atoms with Crippen molar-refractivity contribution < 1.29 is 9.59 Å². The number of aromatic nitrogens is 1. The Kier molecular flexibility index (Phi) is 4.35. The molecule has 2 atom stereocenters. The van der Waals surface area contributed by atoms with E-state index in [2.05, 4.69) is 16.4 Å². The first-order valence-electron chi connectivity index (χ1n) is 8.86. The number of ketones is 1. The van der Waals surface area contributed by atoms with Gasteiger partial charge in [-0.3, -0.25) is 9.59 Å². The molecule has 4 nitrogen and oxygen atoms in total. The number of fused-ring (bicyclic) bond motifs is 3. The van der Waals surface area contributed by atoms with E-state index in [4.69, 9.17) is 0 Å². The van der Waals surface area contributed by atoms with Crippen molar-refractivity contribution in [3.8, 4) is 0 Å². The van der Waals surface area contributed by atoms with Crippen molar-refractivity contribution in [3.05, 3.63) is 29.3 Å². The molecule has 2 aliphatic carbocycles. The molecule has 5 heteroatoms. The van der Waals surface area contributed by atoms with E-state index >= 15 is 0 Å². The molecule has 2 fully saturated rings. The predicted molar refractivity (Wildman–Crippen MR) is 94.9 cm³/mol. The average molecular weight is 342 g/mol. The van der Waals surface area contributed by atoms with E-state index in [9.17, 15) is 9.59 Å². The fourth-order valence-electron chi connectivity index (χ4n) is 4.16. The van der Waals surface area contributed by atoms with Crippen molar-refractivity contribution in [1.82, 2.24) is 10.3 Å². The van der Waals surface area contributed by atoms with Crippen LogP contribution in [-0.2, 0) is 16.0 Å². The second-order valence-corrected chi connectivity index (χ2v) is 8.13. The van der Waals surface area contributed by atoms with E-state index in [1.165, 1.54) is 4.70 Å². The molecule has 2 unspecified atom stereocenters. The quantitative estimate of drug-likeness (QED) is 0.927. The summed E-state index contributed by atoms with van der Waals surface area (Å²) in [5, 5.41) is 4.13. The van der Waals surface area contributed by atoms with Crippen molar-refractivity contribution in [2.24, 2.45) is 17.8 Å². The van der Waals surface area contributed by atoms with Gasteiger partial charge < -0.3 is 5.32 Å². The minimum absolute atomic E-state index is 0.0216. The summed E-state index contributed by atoms with van der Waals surface area (Å²) in [5.74, 6) is 0.837. The summed E-state index contributed by atoms with van der Waals surface area (Å²) in [4.78, 5) is 29.2. The Balaban J connectivity index is 1.31. The van der Waals surface area contributed by atoms with Gasteiger partial charge in [-0.2, -0.15) is 0 Å². The number of hydrogen-bond donors (Lipinski definition) is 1. The molecule has 1 heterocycles. The highest BCUT2D eigenvalue weighted by Gasteiger charge is 2.41. The molecule has 2 aromatic rings. The van der Waals surface area contributed by atoms with Crippen molar-refractivity contribution in [1.29, 1.82) is 0 Å². The Morgan fingerprint density at radius 1 is 1.21 bits per heavy atom. The van der Waals surface area contributed by atoms with Gasteiger partial charge in [0.15, 0.2) is 0 Å². The molecule has 0 saturated heterocycles. The number of amides is 1. The highest BCUT2D eigenvalue weighted by molar-refractivity contribution is 7.18. The number of rotatable bonds is 4. The van der Waals surface area contributed by atoms with Crippen LogP contribution in [0.5, 0.6) is 0 Å². The topological polar surface area (TPSA) is 59.1 Å². The molecule has 2 aliphatic rings. The first-order chi connectivity index (χ1) is 11.7. The summed E-state index contributed by atoms with van der Waals surface area (Å²) >= 11 is 1.69. The largest absolute Gasteiger partial charge is 0.355 e. The van der Waals surface area contributed by atoms with Crippen molar-refractivity contribution in [2.75, 3.05) is 6.54 Å². The van der Waals surface area contributed by atoms with Gasteiger partial charge in [-0.05, 0) is 37.8 Å². The predicted octanol–water partition coefficient (Wildman–Crippen LogP) is 3.35. The fourth-order valence-corrected chi connectivity index (χ4v) is 5.12. The number of Topliss-reactive ketones (excluding diaryl/α,β-unsaturated/α-hetero) is 1. The van der Waals surface area contributed by atoms with E-state index in [1.54, 1.807) is 11.3 Å². The number of nitrogens with one attached hydrogen (secondary N) is 1. The van der Waals surface area contributed by atoms with Crippen LogP contribution in [0.15, 0.2) is 24.3 Å². The lowest BCUT2D eigenvalue weighted by Crippen LogP contribution is -2.42. The van der Waals surface area contributed by atoms with E-state index in [1.807, 2.05) is 18.2 Å². The second kappa shape index (κ2) is 6.63. The van der Waals surface area contributed by atoms with Crippen LogP contribution in [0.2, 0.25) is 0 Å². The van der Waals surface area contributed by atoms with Gasteiger partial charge in [-0.1, -0.05) is 18.6 Å². The van der Waals surface area contributed by atoms with Crippen molar-refractivity contribution >= 4 is 33.2 Å². The third kappa shape index (κ3) is 3.09. The number of nitrogens with zero attached hydrogens (tertiary/aromatic N) is 1. The Morgan fingerprint density at radius 3 is 2.71 bits per heavy atom. The zero-order valence-corrected chi connectivity index (χ0v) is 14.5. The molecule has 1 aromatic heterocycles. The molecule has 0 spiro atoms. The lowest BCUT2D eigenvalue weighted by molar-refractivity contribution is -0.137. The zero-order chi connectivity index (χ0) is 16.5. The first kappa shape index (κ1) is 15.8. The fraction of sp³-hybridized carbons (Fsp3) is 0.526. The molecule has 1 aromatic carbocycles. The molecule has 0 aliphatic heterocycles. The molecule has 2 bridgehead atoms. The van der Waals surface area contributed by atoms with Crippen LogP contribution in [0.3, 0.4) is 0 Å². The maximum absolute atomic E-state index is 12.5. The minimum atomic E-state index is 0.0216. The summed E-state index contributed by atoms with van der Waals surface area (Å²) in [6.07, 6.45) is 5.37. The maximum Gasteiger partial charge on any atom is 0.223 e. The van der Waals surface area contributed by atoms with Crippen LogP contribution >= 0.6 is 11.3 Å². The summed E-state index contributed by atoms with van der Waals surface area (Å²) in [6, 6.07) is 8.11. The molecular formula is C19H22N2O2S. The highest BCUT2D eigenvalue weighted by atomic mass is 32.1. The minimum Gasteiger partial charge on any atom is -0.355 e. The summed E-state index contributed by atoms with van der Waals surface area (Å²) < 4.78 is 1.19. The Bertz CT molecular complexity index is 721. The third-order valence-corrected chi connectivity index (χ3v) is 6.49. The Labute approximate surface area is 145 Å². The van der Waals surface area contributed by atoms with Crippen molar-refractivity contribution in [3.63, 3.8) is 0 Å².